The van der Waals surface area contributed by atoms with Gasteiger partial charge in [0.05, 0.1) is 12.6 Å². The number of rotatable bonds is 5. The first-order chi connectivity index (χ1) is 12.8. The minimum atomic E-state index is -1.09. The number of carboxylic acid groups (broad SMARTS) is 1. The van der Waals surface area contributed by atoms with E-state index in [2.05, 4.69) is 10.1 Å². The second-order valence-electron chi connectivity index (χ2n) is 6.55. The quantitative estimate of drug-likeness (QED) is 0.847. The lowest BCUT2D eigenvalue weighted by atomic mass is 10.1. The minimum Gasteiger partial charge on any atom is -0.479 e. The molecule has 0 radical (unpaired) electrons. The largest absolute Gasteiger partial charge is 0.479 e. The SMILES string of the molecule is Cc1cc(-c2noc(CCC(=O)N3CC(C(=O)O)O[C@H](C)C3)n2)ccc1F. The van der Waals surface area contributed by atoms with E-state index in [1.54, 1.807) is 26.0 Å². The Morgan fingerprint density at radius 2 is 2.15 bits per heavy atom. The van der Waals surface area contributed by atoms with E-state index in [0.717, 1.165) is 0 Å². The van der Waals surface area contributed by atoms with Gasteiger partial charge in [-0.25, -0.2) is 9.18 Å². The summed E-state index contributed by atoms with van der Waals surface area (Å²) in [5.74, 6) is -0.986. The minimum absolute atomic E-state index is 0.0163. The van der Waals surface area contributed by atoms with Gasteiger partial charge in [-0.2, -0.15) is 4.98 Å². The van der Waals surface area contributed by atoms with Gasteiger partial charge in [0.25, 0.3) is 0 Å². The van der Waals surface area contributed by atoms with Crippen molar-refractivity contribution in [3.05, 3.63) is 35.5 Å². The average Bonchev–Trinajstić information content (AvgIpc) is 3.10. The van der Waals surface area contributed by atoms with Crippen LogP contribution in [-0.2, 0) is 20.7 Å². The molecule has 0 aliphatic carbocycles. The van der Waals surface area contributed by atoms with Gasteiger partial charge in [-0.1, -0.05) is 5.16 Å². The van der Waals surface area contributed by atoms with Gasteiger partial charge >= 0.3 is 5.97 Å². The van der Waals surface area contributed by atoms with Gasteiger partial charge in [-0.3, -0.25) is 4.79 Å². The number of amides is 1. The van der Waals surface area contributed by atoms with Crippen molar-refractivity contribution in [2.24, 2.45) is 0 Å². The van der Waals surface area contributed by atoms with Gasteiger partial charge in [-0.15, -0.1) is 0 Å². The maximum Gasteiger partial charge on any atom is 0.334 e. The Bertz CT molecular complexity index is 853. The molecule has 0 spiro atoms. The van der Waals surface area contributed by atoms with Crippen LogP contribution < -0.4 is 0 Å². The maximum absolute atomic E-state index is 13.4. The predicted octanol–water partition coefficient (Wildman–Crippen LogP) is 1.82. The molecule has 9 heteroatoms. The Morgan fingerprint density at radius 3 is 2.85 bits per heavy atom. The highest BCUT2D eigenvalue weighted by Crippen LogP contribution is 2.20. The number of carbonyl (C=O) groups excluding carboxylic acids is 1. The maximum atomic E-state index is 13.4. The second kappa shape index (κ2) is 7.83. The fraction of sp³-hybridized carbons (Fsp3) is 0.444. The Labute approximate surface area is 154 Å². The summed E-state index contributed by atoms with van der Waals surface area (Å²) in [4.78, 5) is 29.2. The molecule has 1 unspecified atom stereocenters. The third-order valence-electron chi connectivity index (χ3n) is 4.33. The molecule has 1 aromatic carbocycles. The van der Waals surface area contributed by atoms with Crippen molar-refractivity contribution in [2.75, 3.05) is 13.1 Å². The number of aliphatic carboxylic acids is 1. The highest BCUT2D eigenvalue weighted by Gasteiger charge is 2.32. The summed E-state index contributed by atoms with van der Waals surface area (Å²) < 4.78 is 23.8. The number of benzene rings is 1. The normalized spacial score (nSPS) is 19.9. The summed E-state index contributed by atoms with van der Waals surface area (Å²) >= 11 is 0. The standard InChI is InChI=1S/C18H20FN3O5/c1-10-7-12(3-4-13(10)19)17-20-15(27-21-17)5-6-16(23)22-8-11(2)26-14(9-22)18(24)25/h3-4,7,11,14H,5-6,8-9H2,1-2H3,(H,24,25)/t11-,14?/m1/s1. The molecule has 1 aliphatic heterocycles. The van der Waals surface area contributed by atoms with E-state index in [0.29, 0.717) is 23.5 Å². The van der Waals surface area contributed by atoms with E-state index in [-0.39, 0.29) is 43.1 Å². The van der Waals surface area contributed by atoms with Crippen LogP contribution in [0.5, 0.6) is 0 Å². The van der Waals surface area contributed by atoms with Crippen LogP contribution >= 0.6 is 0 Å². The van der Waals surface area contributed by atoms with Gasteiger partial charge in [0.1, 0.15) is 5.82 Å². The molecule has 2 atom stereocenters. The van der Waals surface area contributed by atoms with Crippen LogP contribution in [-0.4, -0.2) is 57.3 Å². The van der Waals surface area contributed by atoms with E-state index in [4.69, 9.17) is 14.4 Å². The van der Waals surface area contributed by atoms with E-state index >= 15 is 0 Å². The molecule has 2 heterocycles. The van der Waals surface area contributed by atoms with Gasteiger partial charge in [0, 0.05) is 24.9 Å². The number of morpholine rings is 1. The molecule has 1 aliphatic rings. The predicted molar refractivity (Wildman–Crippen MR) is 91.3 cm³/mol. The summed E-state index contributed by atoms with van der Waals surface area (Å²) in [6.07, 6.45) is -1.02. The number of ether oxygens (including phenoxy) is 1. The average molecular weight is 377 g/mol. The highest BCUT2D eigenvalue weighted by atomic mass is 19.1. The van der Waals surface area contributed by atoms with Gasteiger partial charge < -0.3 is 19.3 Å². The van der Waals surface area contributed by atoms with Crippen LogP contribution in [0, 0.1) is 12.7 Å². The summed E-state index contributed by atoms with van der Waals surface area (Å²) in [6.45, 7) is 3.73. The molecule has 8 nitrogen and oxygen atoms in total. The zero-order valence-electron chi connectivity index (χ0n) is 15.0. The number of carboxylic acids is 1. The van der Waals surface area contributed by atoms with Crippen LogP contribution in [0.15, 0.2) is 22.7 Å². The number of halogens is 1. The topological polar surface area (TPSA) is 106 Å². The van der Waals surface area contributed by atoms with Gasteiger partial charge in [0.2, 0.25) is 17.6 Å². The molecule has 0 saturated carbocycles. The van der Waals surface area contributed by atoms with Crippen LogP contribution in [0.3, 0.4) is 0 Å². The lowest BCUT2D eigenvalue weighted by molar-refractivity contribution is -0.166. The Hall–Kier alpha value is -2.81. The van der Waals surface area contributed by atoms with Crippen LogP contribution in [0.25, 0.3) is 11.4 Å². The number of aromatic nitrogens is 2. The molecule has 1 saturated heterocycles. The zero-order chi connectivity index (χ0) is 19.6. The monoisotopic (exact) mass is 377 g/mol. The fourth-order valence-electron chi connectivity index (χ4n) is 2.92. The lowest BCUT2D eigenvalue weighted by Crippen LogP contribution is -2.51. The van der Waals surface area contributed by atoms with E-state index in [1.807, 2.05) is 0 Å². The highest BCUT2D eigenvalue weighted by molar-refractivity contribution is 5.79. The first kappa shape index (κ1) is 19.0. The summed E-state index contributed by atoms with van der Waals surface area (Å²) in [5, 5.41) is 13.0. The fourth-order valence-corrected chi connectivity index (χ4v) is 2.92. The summed E-state index contributed by atoms with van der Waals surface area (Å²) in [5.41, 5.74) is 1.10. The van der Waals surface area contributed by atoms with Crippen LogP contribution in [0.4, 0.5) is 4.39 Å². The van der Waals surface area contributed by atoms with E-state index in [9.17, 15) is 14.0 Å². The van der Waals surface area contributed by atoms with Gasteiger partial charge in [-0.05, 0) is 37.6 Å². The van der Waals surface area contributed by atoms with Gasteiger partial charge in [0.15, 0.2) is 6.10 Å². The Balaban J connectivity index is 1.60. The van der Waals surface area contributed by atoms with Crippen molar-refractivity contribution >= 4 is 11.9 Å². The summed E-state index contributed by atoms with van der Waals surface area (Å²) in [6, 6.07) is 4.52. The lowest BCUT2D eigenvalue weighted by Gasteiger charge is -2.34. The summed E-state index contributed by atoms with van der Waals surface area (Å²) in [7, 11) is 0. The molecule has 1 aromatic heterocycles. The number of hydrogen-bond donors (Lipinski definition) is 1. The van der Waals surface area contributed by atoms with Crippen molar-refractivity contribution in [1.29, 1.82) is 0 Å². The molecule has 1 fully saturated rings. The molecular formula is C18H20FN3O5. The molecule has 1 amide bonds. The molecule has 2 aromatic rings. The van der Waals surface area contributed by atoms with Crippen LogP contribution in [0.1, 0.15) is 24.8 Å². The molecule has 27 heavy (non-hydrogen) atoms. The zero-order valence-corrected chi connectivity index (χ0v) is 15.0. The van der Waals surface area contributed by atoms with Crippen molar-refractivity contribution in [2.45, 2.75) is 38.9 Å². The Kier molecular flexibility index (Phi) is 5.50. The first-order valence-electron chi connectivity index (χ1n) is 8.58. The second-order valence-corrected chi connectivity index (χ2v) is 6.55. The first-order valence-corrected chi connectivity index (χ1v) is 8.58. The molecule has 3 rings (SSSR count). The van der Waals surface area contributed by atoms with Crippen LogP contribution in [0.2, 0.25) is 0 Å². The van der Waals surface area contributed by atoms with Crippen molar-refractivity contribution < 1.29 is 28.3 Å². The smallest absolute Gasteiger partial charge is 0.334 e. The van der Waals surface area contributed by atoms with Crippen molar-refractivity contribution in [3.8, 4) is 11.4 Å². The number of nitrogens with zero attached hydrogens (tertiary/aromatic N) is 3. The van der Waals surface area contributed by atoms with Crippen molar-refractivity contribution in [3.63, 3.8) is 0 Å². The van der Waals surface area contributed by atoms with E-state index in [1.165, 1.54) is 11.0 Å². The Morgan fingerprint density at radius 1 is 1.37 bits per heavy atom. The number of hydrogen-bond acceptors (Lipinski definition) is 6. The van der Waals surface area contributed by atoms with Crippen molar-refractivity contribution in [1.82, 2.24) is 15.0 Å². The number of aryl methyl sites for hydroxylation is 2. The third kappa shape index (κ3) is 4.48. The molecular weight excluding hydrogens is 357 g/mol. The third-order valence-corrected chi connectivity index (χ3v) is 4.33. The molecule has 0 bridgehead atoms. The van der Waals surface area contributed by atoms with E-state index < -0.39 is 12.1 Å². The molecule has 1 N–H and O–H groups in total. The molecule has 144 valence electrons. The number of carbonyl (C=O) groups is 2.